The van der Waals surface area contributed by atoms with E-state index in [1.54, 1.807) is 0 Å². The highest BCUT2D eigenvalue weighted by Gasteiger charge is 2.50. The first-order valence-corrected chi connectivity index (χ1v) is 18.9. The summed E-state index contributed by atoms with van der Waals surface area (Å²) in [6.07, 6.45) is 0. The van der Waals surface area contributed by atoms with Crippen molar-refractivity contribution < 1.29 is 0 Å². The highest BCUT2D eigenvalue weighted by atomic mass is 32.2. The van der Waals surface area contributed by atoms with E-state index in [0.717, 1.165) is 33.9 Å². The zero-order valence-electron chi connectivity index (χ0n) is 27.4. The maximum Gasteiger partial charge on any atom is 0.161 e. The lowest BCUT2D eigenvalue weighted by molar-refractivity contribution is 0.723. The van der Waals surface area contributed by atoms with E-state index >= 15 is 0 Å². The molecule has 2 nitrogen and oxygen atoms in total. The lowest BCUT2D eigenvalue weighted by atomic mass is 9.67. The molecular formula is C47H28N2S2. The third-order valence-electron chi connectivity index (χ3n) is 10.6. The quantitative estimate of drug-likeness (QED) is 0.185. The van der Waals surface area contributed by atoms with E-state index in [4.69, 9.17) is 9.97 Å². The van der Waals surface area contributed by atoms with Gasteiger partial charge in [-0.1, -0.05) is 151 Å². The fourth-order valence-electron chi connectivity index (χ4n) is 8.49. The Kier molecular flexibility index (Phi) is 6.30. The van der Waals surface area contributed by atoms with Crippen LogP contribution in [0.4, 0.5) is 0 Å². The molecule has 4 heteroatoms. The molecule has 0 bridgehead atoms. The molecule has 0 unspecified atom stereocenters. The maximum atomic E-state index is 5.24. The summed E-state index contributed by atoms with van der Waals surface area (Å²) in [5.41, 5.74) is 12.7. The first-order chi connectivity index (χ1) is 25.3. The molecule has 7 aromatic carbocycles. The number of nitrogens with zero attached hydrogens (tertiary/aromatic N) is 2. The zero-order valence-corrected chi connectivity index (χ0v) is 29.0. The highest BCUT2D eigenvalue weighted by Crippen LogP contribution is 2.64. The Hall–Kier alpha value is -5.81. The third kappa shape index (κ3) is 4.12. The first-order valence-electron chi connectivity index (χ1n) is 17.2. The van der Waals surface area contributed by atoms with E-state index in [2.05, 4.69) is 158 Å². The summed E-state index contributed by atoms with van der Waals surface area (Å²) in [4.78, 5) is 13.1. The third-order valence-corrected chi connectivity index (χ3v) is 12.9. The normalized spacial score (nSPS) is 13.6. The standard InChI is InChI=1S/C47H28N2S2/c1-3-14-29(15-4-1)38-28-39(30-16-5-2-6-17-30)49-46(48-38)33-20-13-19-32-44-42(51-45(32)33)27-26-37-43(44)31-18-7-8-21-34(31)47(37)35-22-9-11-24-40(35)50-41-25-12-10-23-36(41)47/h1-28H. The SMILES string of the molecule is c1ccc(-c2cc(-c3ccccc3)nc(-c3cccc4c3sc3ccc5c(c34)-c3ccccc3C53c4ccccc4Sc4ccccc43)n2)cc1. The van der Waals surface area contributed by atoms with Crippen molar-refractivity contribution in [3.8, 4) is 45.0 Å². The molecule has 3 heterocycles. The molecular weight excluding hydrogens is 657 g/mol. The summed E-state index contributed by atoms with van der Waals surface area (Å²) in [5.74, 6) is 0.744. The van der Waals surface area contributed by atoms with E-state index in [-0.39, 0.29) is 0 Å². The van der Waals surface area contributed by atoms with Gasteiger partial charge in [-0.25, -0.2) is 9.97 Å². The number of rotatable bonds is 3. The summed E-state index contributed by atoms with van der Waals surface area (Å²) >= 11 is 3.74. The maximum absolute atomic E-state index is 5.24. The van der Waals surface area contributed by atoms with Crippen molar-refractivity contribution in [1.29, 1.82) is 0 Å². The van der Waals surface area contributed by atoms with Crippen LogP contribution in [0.3, 0.4) is 0 Å². The van der Waals surface area contributed by atoms with Gasteiger partial charge in [0.05, 0.1) is 16.8 Å². The monoisotopic (exact) mass is 684 g/mol. The molecule has 2 aliphatic rings. The molecule has 1 spiro atoms. The van der Waals surface area contributed by atoms with E-state index in [9.17, 15) is 0 Å². The van der Waals surface area contributed by atoms with Crippen LogP contribution >= 0.6 is 23.1 Å². The van der Waals surface area contributed by atoms with Crippen LogP contribution < -0.4 is 0 Å². The van der Waals surface area contributed by atoms with Gasteiger partial charge in [-0.3, -0.25) is 0 Å². The lowest BCUT2D eigenvalue weighted by Gasteiger charge is -2.39. The summed E-state index contributed by atoms with van der Waals surface area (Å²) in [5, 5.41) is 2.56. The molecule has 0 N–H and O–H groups in total. The molecule has 51 heavy (non-hydrogen) atoms. The molecule has 9 aromatic rings. The first kappa shape index (κ1) is 29.0. The van der Waals surface area contributed by atoms with Gasteiger partial charge in [0.15, 0.2) is 5.82 Å². The van der Waals surface area contributed by atoms with Gasteiger partial charge >= 0.3 is 0 Å². The topological polar surface area (TPSA) is 25.8 Å². The minimum atomic E-state index is -0.401. The summed E-state index contributed by atoms with van der Waals surface area (Å²) < 4.78 is 2.49. The van der Waals surface area contributed by atoms with Crippen LogP contribution in [-0.4, -0.2) is 9.97 Å². The average Bonchev–Trinajstić information content (AvgIpc) is 3.73. The van der Waals surface area contributed by atoms with Crippen LogP contribution in [0.5, 0.6) is 0 Å². The average molecular weight is 685 g/mol. The Morgan fingerprint density at radius 2 is 1.02 bits per heavy atom. The van der Waals surface area contributed by atoms with Gasteiger partial charge in [0.2, 0.25) is 0 Å². The molecule has 1 aliphatic carbocycles. The predicted octanol–water partition coefficient (Wildman–Crippen LogP) is 12.7. The molecule has 0 amide bonds. The summed E-state index contributed by atoms with van der Waals surface area (Å²) in [6.45, 7) is 0. The largest absolute Gasteiger partial charge is 0.228 e. The van der Waals surface area contributed by atoms with Gasteiger partial charge in [-0.05, 0) is 63.7 Å². The molecule has 2 aromatic heterocycles. The molecule has 0 saturated carbocycles. The van der Waals surface area contributed by atoms with Crippen molar-refractivity contribution in [2.45, 2.75) is 15.2 Å². The van der Waals surface area contributed by atoms with Crippen molar-refractivity contribution in [3.05, 3.63) is 192 Å². The number of fused-ring (bicyclic) bond motifs is 13. The van der Waals surface area contributed by atoms with E-state index in [1.807, 2.05) is 35.2 Å². The molecule has 0 saturated heterocycles. The smallest absolute Gasteiger partial charge is 0.161 e. The van der Waals surface area contributed by atoms with Crippen LogP contribution in [-0.2, 0) is 5.41 Å². The van der Waals surface area contributed by atoms with Crippen LogP contribution in [0.2, 0.25) is 0 Å². The van der Waals surface area contributed by atoms with Gasteiger partial charge in [0.1, 0.15) is 0 Å². The van der Waals surface area contributed by atoms with Gasteiger partial charge < -0.3 is 0 Å². The number of benzene rings is 7. The van der Waals surface area contributed by atoms with Crippen molar-refractivity contribution in [2.75, 3.05) is 0 Å². The number of aromatic nitrogens is 2. The van der Waals surface area contributed by atoms with Gasteiger partial charge in [-0.2, -0.15) is 0 Å². The van der Waals surface area contributed by atoms with Gasteiger partial charge in [0.25, 0.3) is 0 Å². The number of hydrogen-bond acceptors (Lipinski definition) is 4. The fourth-order valence-corrected chi connectivity index (χ4v) is 10.9. The van der Waals surface area contributed by atoms with Crippen LogP contribution in [0.25, 0.3) is 65.2 Å². The minimum Gasteiger partial charge on any atom is -0.228 e. The summed E-state index contributed by atoms with van der Waals surface area (Å²) in [7, 11) is 0. The molecule has 0 fully saturated rings. The number of hydrogen-bond donors (Lipinski definition) is 0. The second kappa shape index (κ2) is 11.1. The van der Waals surface area contributed by atoms with Crippen molar-refractivity contribution in [1.82, 2.24) is 9.97 Å². The van der Waals surface area contributed by atoms with Gasteiger partial charge in [-0.15, -0.1) is 11.3 Å². The van der Waals surface area contributed by atoms with Crippen molar-refractivity contribution in [3.63, 3.8) is 0 Å². The molecule has 0 radical (unpaired) electrons. The highest BCUT2D eigenvalue weighted by molar-refractivity contribution is 7.99. The molecule has 11 rings (SSSR count). The number of thiophene rings is 1. The van der Waals surface area contributed by atoms with E-state index in [0.29, 0.717) is 0 Å². The minimum absolute atomic E-state index is 0.401. The Morgan fingerprint density at radius 3 is 1.69 bits per heavy atom. The second-order valence-corrected chi connectivity index (χ2v) is 15.4. The van der Waals surface area contributed by atoms with Crippen molar-refractivity contribution in [2.24, 2.45) is 0 Å². The van der Waals surface area contributed by atoms with Crippen LogP contribution in [0.15, 0.2) is 180 Å². The molecule has 1 aliphatic heterocycles. The molecule has 238 valence electrons. The Labute approximate surface area is 304 Å². The van der Waals surface area contributed by atoms with Crippen molar-refractivity contribution >= 4 is 43.3 Å². The van der Waals surface area contributed by atoms with E-state index < -0.39 is 5.41 Å². The van der Waals surface area contributed by atoms with Gasteiger partial charge in [0, 0.05) is 46.7 Å². The molecule has 0 atom stereocenters. The lowest BCUT2D eigenvalue weighted by Crippen LogP contribution is -2.31. The second-order valence-electron chi connectivity index (χ2n) is 13.2. The Bertz CT molecular complexity index is 2730. The van der Waals surface area contributed by atoms with Crippen LogP contribution in [0.1, 0.15) is 22.3 Å². The van der Waals surface area contributed by atoms with Crippen LogP contribution in [0, 0.1) is 0 Å². The predicted molar refractivity (Wildman–Crippen MR) is 213 cm³/mol. The Balaban J connectivity index is 1.21. The Morgan fingerprint density at radius 1 is 0.451 bits per heavy atom. The fraction of sp³-hybridized carbons (Fsp3) is 0.0213. The van der Waals surface area contributed by atoms with E-state index in [1.165, 1.54) is 63.3 Å². The zero-order chi connectivity index (χ0) is 33.5. The summed E-state index contributed by atoms with van der Waals surface area (Å²) in [6, 6.07) is 61.5.